The second-order valence-corrected chi connectivity index (χ2v) is 22.6. The maximum Gasteiger partial charge on any atom is 0.187 e. The summed E-state index contributed by atoms with van der Waals surface area (Å²) in [7, 11) is 22.0. The van der Waals surface area contributed by atoms with Crippen LogP contribution in [0.4, 0.5) is 14.5 Å². The number of thioether (sulfide) groups is 1. The van der Waals surface area contributed by atoms with Gasteiger partial charge in [0.25, 0.3) is 0 Å². The average molecular weight is 1160 g/mol. The Morgan fingerprint density at radius 2 is 0.808 bits per heavy atom. The van der Waals surface area contributed by atoms with Gasteiger partial charge in [0, 0.05) is 0 Å². The zero-order valence-corrected chi connectivity index (χ0v) is 47.9. The Bertz CT molecular complexity index is 3340. The first-order chi connectivity index (χ1) is 37.8. The number of hydrogen-bond donors (Lipinski definition) is 0. The van der Waals surface area contributed by atoms with E-state index >= 15 is 0 Å². The fourth-order valence-electron chi connectivity index (χ4n) is 8.36. The Morgan fingerprint density at radius 1 is 0.436 bits per heavy atom. The van der Waals surface area contributed by atoms with Gasteiger partial charge < -0.3 is 0 Å². The maximum absolute atomic E-state index is 13.1. The Balaban J connectivity index is 0.000000172. The van der Waals surface area contributed by atoms with E-state index in [0.717, 1.165) is 49.9 Å². The van der Waals surface area contributed by atoms with Gasteiger partial charge in [-0.2, -0.15) is 15.8 Å². The van der Waals surface area contributed by atoms with Crippen LogP contribution in [0.3, 0.4) is 0 Å². The minimum Gasteiger partial charge on any atom is -0.238 e. The van der Waals surface area contributed by atoms with Crippen LogP contribution in [-0.4, -0.2) is 6.26 Å². The van der Waals surface area contributed by atoms with Crippen LogP contribution in [-0.2, 0) is 14.2 Å². The van der Waals surface area contributed by atoms with Crippen LogP contribution in [0, 0.1) is 52.2 Å². The Kier molecular flexibility index (Phi) is 23.0. The maximum atomic E-state index is 13.1. The van der Waals surface area contributed by atoms with Crippen molar-refractivity contribution in [1.82, 2.24) is 0 Å². The monoisotopic (exact) mass is 1160 g/mol. The molecule has 0 N–H and O–H groups in total. The Hall–Kier alpha value is -6.93. The molecule has 9 rings (SSSR count). The third-order valence-electron chi connectivity index (χ3n) is 12.9. The molecule has 0 aliphatic carbocycles. The molecule has 0 fully saturated rings. The Morgan fingerprint density at radius 3 is 1.19 bits per heavy atom. The molecule has 0 radical (unpaired) electrons. The molecule has 0 saturated carbocycles. The highest BCUT2D eigenvalue weighted by Gasteiger charge is 2.37. The number of rotatable bonds is 13. The summed E-state index contributed by atoms with van der Waals surface area (Å²) in [6.45, 7) is 11.4. The lowest BCUT2D eigenvalue weighted by Crippen LogP contribution is -2.24. The number of nitrogens with zero attached hydrogens (tertiary/aromatic N) is 4. The van der Waals surface area contributed by atoms with E-state index in [1.54, 1.807) is 54.6 Å². The lowest BCUT2D eigenvalue weighted by atomic mass is 9.83. The van der Waals surface area contributed by atoms with Gasteiger partial charge in [0.1, 0.15) is 16.4 Å². The highest BCUT2D eigenvalue weighted by Crippen LogP contribution is 2.51. The molecule has 0 spiro atoms. The fourth-order valence-corrected chi connectivity index (χ4v) is 12.7. The predicted molar refractivity (Wildman–Crippen MR) is 327 cm³/mol. The van der Waals surface area contributed by atoms with Gasteiger partial charge in [-0.25, -0.2) is 13.6 Å². The second kappa shape index (κ2) is 29.7. The number of hydrogen-bond acceptors (Lipinski definition) is 7. The molecule has 0 aliphatic heterocycles. The highest BCUT2D eigenvalue weighted by molar-refractivity contribution is 8.22. The minimum absolute atomic E-state index is 0.0291. The molecule has 0 aliphatic rings. The van der Waals surface area contributed by atoms with Crippen molar-refractivity contribution in [3.05, 3.63) is 326 Å². The van der Waals surface area contributed by atoms with E-state index in [4.69, 9.17) is 54.4 Å². The summed E-state index contributed by atoms with van der Waals surface area (Å²) < 4.78 is 24.9. The highest BCUT2D eigenvalue weighted by atomic mass is 35.7. The largest absolute Gasteiger partial charge is 0.238 e. The quantitative estimate of drug-likeness (QED) is 0.0841. The van der Waals surface area contributed by atoms with Gasteiger partial charge >= 0.3 is 0 Å². The molecule has 388 valence electrons. The first-order valence-electron chi connectivity index (χ1n) is 24.0. The van der Waals surface area contributed by atoms with Crippen molar-refractivity contribution in [2.45, 2.75) is 33.3 Å². The first-order valence-corrected chi connectivity index (χ1v) is 30.2. The van der Waals surface area contributed by atoms with Crippen LogP contribution in [0.25, 0.3) is 4.85 Å². The van der Waals surface area contributed by atoms with Crippen LogP contribution in [0.15, 0.2) is 237 Å². The van der Waals surface area contributed by atoms with Crippen molar-refractivity contribution < 1.29 is 8.78 Å². The predicted octanol–water partition coefficient (Wildman–Crippen LogP) is 20.1. The number of halogens is 5. The smallest absolute Gasteiger partial charge is 0.187 e. The van der Waals surface area contributed by atoms with Gasteiger partial charge in [-0.05, 0) is 196 Å². The summed E-state index contributed by atoms with van der Waals surface area (Å²) in [6, 6.07) is 79.4. The topological polar surface area (TPSA) is 75.7 Å². The molecule has 0 saturated heterocycles. The van der Waals surface area contributed by atoms with Gasteiger partial charge in [-0.15, -0.1) is 11.8 Å². The van der Waals surface area contributed by atoms with E-state index in [9.17, 15) is 8.78 Å². The number of nitriles is 3. The number of benzene rings is 9. The van der Waals surface area contributed by atoms with Crippen molar-refractivity contribution in [2.24, 2.45) is 0 Å². The molecule has 3 atom stereocenters. The second-order valence-electron chi connectivity index (χ2n) is 17.5. The molecular weight excluding hydrogens is 1110 g/mol. The van der Waals surface area contributed by atoms with E-state index in [-0.39, 0.29) is 26.4 Å². The van der Waals surface area contributed by atoms with E-state index in [2.05, 4.69) is 60.5 Å². The van der Waals surface area contributed by atoms with Crippen molar-refractivity contribution in [3.63, 3.8) is 0 Å². The van der Waals surface area contributed by atoms with Crippen LogP contribution < -0.4 is 0 Å². The Labute approximate surface area is 487 Å². The zero-order valence-electron chi connectivity index (χ0n) is 42.4. The third-order valence-corrected chi connectivity index (χ3v) is 18.8. The van der Waals surface area contributed by atoms with Crippen LogP contribution in [0.2, 0.25) is 0 Å². The standard InChI is InChI=1S/C22H12ClN3S.C16H15NS.C14H12ClFS.C13H10ClFS/c1-26-21-12-10-20(11-13-21)22(27-23,18-6-2-16(14-24)3-7-18)19-8-4-17(15-25)5-9-19;1-16(18-2,14-6-4-3-5-7-14)15-10-8-13(12-17)9-11-15;1-14(17-15,11-5-3-2-4-6-11)12-7-9-13(16)10-8-12;14-16-13(10-5-2-1-3-6-10)11-7-4-8-12(15)9-11/h2-13H;3-11H,1-2H3;2-10H,1H3;1-9,13H. The van der Waals surface area contributed by atoms with Gasteiger partial charge in [0.05, 0.1) is 56.2 Å². The molecule has 13 heteroatoms. The fraction of sp³-hybridized carbons (Fsp3) is 0.108. The van der Waals surface area contributed by atoms with Gasteiger partial charge in [0.15, 0.2) is 5.69 Å². The summed E-state index contributed by atoms with van der Waals surface area (Å²) in [6.07, 6.45) is 2.12. The van der Waals surface area contributed by atoms with E-state index < -0.39 is 4.75 Å². The van der Waals surface area contributed by atoms with E-state index in [1.807, 2.05) is 152 Å². The molecule has 0 bridgehead atoms. The minimum atomic E-state index is -0.746. The van der Waals surface area contributed by atoms with Gasteiger partial charge in [-0.1, -0.05) is 176 Å². The summed E-state index contributed by atoms with van der Waals surface area (Å²) in [4.78, 5) is 3.45. The van der Waals surface area contributed by atoms with Crippen LogP contribution >= 0.6 is 76.7 Å². The molecule has 0 aromatic heterocycles. The van der Waals surface area contributed by atoms with Crippen molar-refractivity contribution in [3.8, 4) is 18.2 Å². The van der Waals surface area contributed by atoms with Crippen LogP contribution in [0.5, 0.6) is 0 Å². The SMILES string of the molecule is CC(SCl)(c1ccccc1)c1ccc(F)cc1.CSC(C)(c1ccccc1)c1ccc(C#N)cc1.Fc1cccc(C(SCl)c2ccccc2)c1.[C-]#[N+]c1ccc(C(SCl)(c2ccc(C#N)cc2)c2ccc(C#N)cc2)cc1. The molecule has 9 aromatic rings. The summed E-state index contributed by atoms with van der Waals surface area (Å²) in [5.41, 5.74) is 11.7. The van der Waals surface area contributed by atoms with Crippen molar-refractivity contribution in [1.29, 1.82) is 15.8 Å². The molecule has 4 nitrogen and oxygen atoms in total. The lowest BCUT2D eigenvalue weighted by molar-refractivity contribution is 0.625. The normalized spacial score (nSPS) is 12.4. The molecule has 3 unspecified atom stereocenters. The summed E-state index contributed by atoms with van der Waals surface area (Å²) >= 11 is 1.81. The molecule has 9 aromatic carbocycles. The molecule has 0 amide bonds. The first kappa shape index (κ1) is 60.3. The molecule has 0 heterocycles. The average Bonchev–Trinajstić information content (AvgIpc) is 3.52. The van der Waals surface area contributed by atoms with Crippen LogP contribution in [0.1, 0.15) is 85.9 Å². The van der Waals surface area contributed by atoms with E-state index in [1.165, 1.54) is 57.3 Å². The van der Waals surface area contributed by atoms with Crippen molar-refractivity contribution in [2.75, 3.05) is 6.26 Å². The van der Waals surface area contributed by atoms with Gasteiger partial charge in [0.2, 0.25) is 0 Å². The summed E-state index contributed by atoms with van der Waals surface area (Å²) in [5, 5.41) is 27.0. The molecule has 78 heavy (non-hydrogen) atoms. The third kappa shape index (κ3) is 15.0. The van der Waals surface area contributed by atoms with Gasteiger partial charge in [-0.3, -0.25) is 0 Å². The molecular formula is C65H49Cl3F2N4S4. The van der Waals surface area contributed by atoms with E-state index in [0.29, 0.717) is 22.4 Å². The van der Waals surface area contributed by atoms with Crippen molar-refractivity contribution >= 4 is 82.4 Å². The summed E-state index contributed by atoms with van der Waals surface area (Å²) in [5.74, 6) is -0.465. The zero-order chi connectivity index (χ0) is 56.0. The lowest BCUT2D eigenvalue weighted by Gasteiger charge is -2.33.